The van der Waals surface area contributed by atoms with Crippen molar-refractivity contribution < 1.29 is 62.6 Å². The molecule has 1 aliphatic heterocycles. The van der Waals surface area contributed by atoms with Crippen LogP contribution >= 0.6 is 11.8 Å². The number of nitrogens with zero attached hydrogens (tertiary/aromatic N) is 8. The van der Waals surface area contributed by atoms with Gasteiger partial charge in [0.05, 0.1) is 11.7 Å². The van der Waals surface area contributed by atoms with E-state index in [9.17, 15) is 24.3 Å². The number of ether oxygens (including phenoxy) is 1. The summed E-state index contributed by atoms with van der Waals surface area (Å²) in [5.41, 5.74) is -1.05. The maximum absolute atomic E-state index is 15.6. The van der Waals surface area contributed by atoms with Gasteiger partial charge in [0.1, 0.15) is 60.4 Å². The van der Waals surface area contributed by atoms with E-state index in [2.05, 4.69) is 26.2 Å². The van der Waals surface area contributed by atoms with Crippen molar-refractivity contribution in [1.29, 1.82) is 0 Å². The largest absolute Gasteiger partial charge is 0.390 e. The number of aliphatic hydroxyl groups is 1. The van der Waals surface area contributed by atoms with Crippen LogP contribution in [0.25, 0.3) is 0 Å². The molecule has 0 aromatic heterocycles. The van der Waals surface area contributed by atoms with Gasteiger partial charge in [-0.2, -0.15) is 0 Å². The molecule has 0 aliphatic carbocycles. The minimum atomic E-state index is -1.65. The van der Waals surface area contributed by atoms with Gasteiger partial charge < -0.3 is 70.3 Å². The van der Waals surface area contributed by atoms with Crippen LogP contribution in [0.1, 0.15) is 177 Å². The summed E-state index contributed by atoms with van der Waals surface area (Å²) >= 11 is 1.16. The number of rotatable bonds is 22. The first-order valence-electron chi connectivity index (χ1n) is 34.6. The summed E-state index contributed by atoms with van der Waals surface area (Å²) in [4.78, 5) is 176. The molecule has 0 unspecified atom stereocenters. The number of hydrogen-bond donors (Lipinski definition) is 5. The molecular formula is C70H128N12O13S. The second kappa shape index (κ2) is 40.3. The zero-order valence-electron chi connectivity index (χ0n) is 63.8. The Kier molecular flexibility index (Phi) is 37.0. The number of methoxy groups -OCH3 is 1. The highest BCUT2D eigenvalue weighted by Crippen LogP contribution is 2.28. The third kappa shape index (κ3) is 24.8. The average molecular weight is 1380 g/mol. The molecular weight excluding hydrogens is 1250 g/mol. The number of hydrogen-bond acceptors (Lipinski definition) is 15. The van der Waals surface area contributed by atoms with Crippen LogP contribution < -0.4 is 21.3 Å². The van der Waals surface area contributed by atoms with Gasteiger partial charge in [0, 0.05) is 81.2 Å². The normalized spacial score (nSPS) is 26.2. The Morgan fingerprint density at radius 2 is 0.990 bits per heavy atom. The van der Waals surface area contributed by atoms with Gasteiger partial charge in [-0.1, -0.05) is 102 Å². The first-order chi connectivity index (χ1) is 44.3. The Labute approximate surface area is 580 Å². The van der Waals surface area contributed by atoms with Crippen LogP contribution in [0.2, 0.25) is 0 Å². The summed E-state index contributed by atoms with van der Waals surface area (Å²) in [6, 6.07) is -12.7. The van der Waals surface area contributed by atoms with Gasteiger partial charge in [-0.15, -0.1) is 11.8 Å². The fraction of sp³-hybridized carbons (Fsp3) is 0.814. The number of carbonyl (C=O) groups is 11. The van der Waals surface area contributed by atoms with Crippen molar-refractivity contribution in [3.8, 4) is 0 Å². The molecule has 13 atom stereocenters. The summed E-state index contributed by atoms with van der Waals surface area (Å²) in [5, 5.41) is 22.2. The molecule has 1 rings (SSSR count). The van der Waals surface area contributed by atoms with E-state index in [1.807, 2.05) is 75.3 Å². The van der Waals surface area contributed by atoms with E-state index < -0.39 is 160 Å². The Morgan fingerprint density at radius 1 is 0.531 bits per heavy atom. The SMILES string of the molecule is C/C=C/C[C@@H](C)[C@@H](O)[C@H]1C(=O)N[C@@H](CC)C(=O)N(C)[C@H](SCCN(CC)C(C)C)C(=O)N(C)[C@@H](CC(C)(C)OC)C(=O)N[C@@H](C(C)C)C(=O)N(C)[C@@H](CC(C)C)C(=O)N[C@@H](C)C(=O)N[C@H](C)C(=O)N(C)[C@@H](CC(C)C)C(=O)N(C)[C@@H](CC(C)C)C(=O)N(C)[C@@H](C(C)C)C(=O)N1C. The molecule has 1 saturated heterocycles. The van der Waals surface area contributed by atoms with Crippen molar-refractivity contribution in [2.75, 3.05) is 75.3 Å². The third-order valence-electron chi connectivity index (χ3n) is 18.5. The number of nitrogens with one attached hydrogen (secondary N) is 4. The summed E-state index contributed by atoms with van der Waals surface area (Å²) in [5.74, 6) is -9.64. The lowest BCUT2D eigenvalue weighted by atomic mass is 9.91. The highest BCUT2D eigenvalue weighted by atomic mass is 32.2. The number of carbonyl (C=O) groups excluding carboxylic acids is 11. The second-order valence-electron chi connectivity index (χ2n) is 29.3. The molecule has 11 amide bonds. The third-order valence-corrected chi connectivity index (χ3v) is 19.8. The van der Waals surface area contributed by atoms with E-state index in [-0.39, 0.29) is 55.9 Å². The number of amides is 11. The van der Waals surface area contributed by atoms with Crippen molar-refractivity contribution >= 4 is 76.7 Å². The Morgan fingerprint density at radius 3 is 1.45 bits per heavy atom. The van der Waals surface area contributed by atoms with Crippen LogP contribution in [0, 0.1) is 35.5 Å². The fourth-order valence-electron chi connectivity index (χ4n) is 12.0. The molecule has 1 heterocycles. The van der Waals surface area contributed by atoms with Crippen LogP contribution in [-0.2, 0) is 57.5 Å². The predicted octanol–water partition coefficient (Wildman–Crippen LogP) is 4.83. The smallest absolute Gasteiger partial charge is 0.256 e. The van der Waals surface area contributed by atoms with Crippen LogP contribution in [0.5, 0.6) is 0 Å². The van der Waals surface area contributed by atoms with Gasteiger partial charge in [-0.25, -0.2) is 0 Å². The van der Waals surface area contributed by atoms with Gasteiger partial charge in [0.25, 0.3) is 5.91 Å². The lowest BCUT2D eigenvalue weighted by Gasteiger charge is -2.41. The van der Waals surface area contributed by atoms with Gasteiger partial charge in [0.2, 0.25) is 59.1 Å². The van der Waals surface area contributed by atoms with Crippen molar-refractivity contribution in [1.82, 2.24) is 60.5 Å². The van der Waals surface area contributed by atoms with E-state index in [1.54, 1.807) is 61.5 Å². The number of thioether (sulfide) groups is 1. The minimum absolute atomic E-state index is 0.0158. The van der Waals surface area contributed by atoms with Crippen LogP contribution in [-0.4, -0.2) is 268 Å². The maximum atomic E-state index is 15.6. The zero-order chi connectivity index (χ0) is 74.5. The molecule has 96 heavy (non-hydrogen) atoms. The summed E-state index contributed by atoms with van der Waals surface area (Å²) in [6.07, 6.45) is 2.66. The van der Waals surface area contributed by atoms with Crippen molar-refractivity contribution in [3.05, 3.63) is 12.2 Å². The molecule has 0 aromatic carbocycles. The van der Waals surface area contributed by atoms with E-state index >= 15 is 33.6 Å². The molecule has 0 bridgehead atoms. The minimum Gasteiger partial charge on any atom is -0.390 e. The molecule has 0 spiro atoms. The molecule has 25 nitrogen and oxygen atoms in total. The Balaban J connectivity index is 4.64. The molecule has 1 aliphatic rings. The zero-order valence-corrected chi connectivity index (χ0v) is 64.6. The van der Waals surface area contributed by atoms with Gasteiger partial charge in [-0.3, -0.25) is 52.7 Å². The Bertz CT molecular complexity index is 2620. The van der Waals surface area contributed by atoms with Crippen LogP contribution in [0.4, 0.5) is 0 Å². The highest BCUT2D eigenvalue weighted by Gasteiger charge is 2.47. The van der Waals surface area contributed by atoms with E-state index in [1.165, 1.54) is 99.7 Å². The second-order valence-corrected chi connectivity index (χ2v) is 30.5. The number of aliphatic hydroxyl groups excluding tert-OH is 1. The monoisotopic (exact) mass is 1380 g/mol. The topological polar surface area (TPSA) is 291 Å². The lowest BCUT2D eigenvalue weighted by Crippen LogP contribution is -2.64. The molecule has 0 aromatic rings. The van der Waals surface area contributed by atoms with E-state index in [0.29, 0.717) is 25.3 Å². The van der Waals surface area contributed by atoms with Crippen molar-refractivity contribution in [2.45, 2.75) is 261 Å². The Hall–Kier alpha value is -5.86. The van der Waals surface area contributed by atoms with Crippen molar-refractivity contribution in [3.63, 3.8) is 0 Å². The summed E-state index contributed by atoms with van der Waals surface area (Å²) in [6.45, 7) is 37.0. The van der Waals surface area contributed by atoms with Gasteiger partial charge >= 0.3 is 0 Å². The molecule has 26 heteroatoms. The van der Waals surface area contributed by atoms with Crippen LogP contribution in [0.15, 0.2) is 12.2 Å². The van der Waals surface area contributed by atoms with Gasteiger partial charge in [0.15, 0.2) is 5.37 Å². The van der Waals surface area contributed by atoms with Gasteiger partial charge in [-0.05, 0) is 123 Å². The average Bonchev–Trinajstić information content (AvgIpc) is 0.813. The predicted molar refractivity (Wildman–Crippen MR) is 378 cm³/mol. The van der Waals surface area contributed by atoms with Crippen molar-refractivity contribution in [2.24, 2.45) is 35.5 Å². The highest BCUT2D eigenvalue weighted by molar-refractivity contribution is 8.00. The molecule has 1 fully saturated rings. The number of allylic oxidation sites excluding steroid dienone is 2. The molecule has 0 radical (unpaired) electrons. The van der Waals surface area contributed by atoms with E-state index in [4.69, 9.17) is 4.74 Å². The van der Waals surface area contributed by atoms with Crippen LogP contribution in [0.3, 0.4) is 0 Å². The summed E-state index contributed by atoms with van der Waals surface area (Å²) in [7, 11) is 11.5. The quantitative estimate of drug-likeness (QED) is 0.0908. The lowest BCUT2D eigenvalue weighted by molar-refractivity contribution is -0.157. The van der Waals surface area contributed by atoms with E-state index in [0.717, 1.165) is 16.7 Å². The molecule has 0 saturated carbocycles. The fourth-order valence-corrected chi connectivity index (χ4v) is 13.2. The molecule has 5 N–H and O–H groups in total. The first-order valence-corrected chi connectivity index (χ1v) is 35.7. The first kappa shape index (κ1) is 88.2. The summed E-state index contributed by atoms with van der Waals surface area (Å²) < 4.78 is 5.85. The standard InChI is InChI=1S/C70H128N12O13S/c1-29-32-33-46(16)57(83)56-61(87)73-49(30-2)63(89)81(27)69(96-35-34-82(31-3)45(14)15)68(94)78(24)53(39-70(19,20)95-28)60(86)74-54(43(10)11)66(92)75(21)50(36-40(4)5)59(85)71-47(17)58(84)72-48(18)62(88)76(22)51(37-41(6)7)64(90)77(23)52(38-42(8)9)65(91)79(25)55(44(12)13)67(93)80(56)26/h29,32,40-57,69,83H,30-31,33-39H2,1-28H3,(H,71,85)(H,72,84)(H,73,87)(H,74,86)/b32-29+/t46-,47+,48-,49+,50+,51+,52+,53+,54+,55+,56+,57-,69-/m1/s1. The number of likely N-dealkylation sites (N-methyl/N-ethyl adjacent to an activating group) is 7. The molecule has 552 valence electrons. The maximum Gasteiger partial charge on any atom is 0.256 e.